The lowest BCUT2D eigenvalue weighted by Crippen LogP contribution is -2.19. The Kier molecular flexibility index (Phi) is 5.24. The molecule has 0 saturated heterocycles. The zero-order chi connectivity index (χ0) is 18.6. The highest BCUT2D eigenvalue weighted by Gasteiger charge is 2.20. The van der Waals surface area contributed by atoms with Gasteiger partial charge >= 0.3 is 0 Å². The van der Waals surface area contributed by atoms with Gasteiger partial charge in [0.1, 0.15) is 12.1 Å². The van der Waals surface area contributed by atoms with Crippen LogP contribution >= 0.6 is 11.8 Å². The lowest BCUT2D eigenvalue weighted by molar-refractivity contribution is -0.113. The minimum atomic E-state index is -0.0703. The van der Waals surface area contributed by atoms with E-state index in [-0.39, 0.29) is 11.7 Å². The van der Waals surface area contributed by atoms with Crippen molar-refractivity contribution in [3.8, 4) is 5.69 Å². The van der Waals surface area contributed by atoms with Crippen molar-refractivity contribution in [2.45, 2.75) is 43.8 Å². The van der Waals surface area contributed by atoms with Crippen LogP contribution in [0.25, 0.3) is 5.69 Å². The molecule has 7 nitrogen and oxygen atoms in total. The molecule has 1 N–H and O–H groups in total. The molecule has 1 aliphatic carbocycles. The molecule has 27 heavy (non-hydrogen) atoms. The van der Waals surface area contributed by atoms with Gasteiger partial charge < -0.3 is 5.32 Å². The first kappa shape index (κ1) is 17.8. The van der Waals surface area contributed by atoms with Gasteiger partial charge in [-0.25, -0.2) is 4.68 Å². The molecule has 0 atom stereocenters. The third-order valence-electron chi connectivity index (χ3n) is 4.83. The number of carbonyl (C=O) groups is 1. The maximum absolute atomic E-state index is 12.5. The summed E-state index contributed by atoms with van der Waals surface area (Å²) in [4.78, 5) is 12.5. The maximum Gasteiger partial charge on any atom is 0.235 e. The van der Waals surface area contributed by atoms with Gasteiger partial charge in [-0.2, -0.15) is 5.10 Å². The van der Waals surface area contributed by atoms with Crippen molar-refractivity contribution in [3.63, 3.8) is 0 Å². The summed E-state index contributed by atoms with van der Waals surface area (Å²) in [6, 6.07) is 10.3. The Morgan fingerprint density at radius 3 is 2.89 bits per heavy atom. The first-order valence-electron chi connectivity index (χ1n) is 9.14. The fourth-order valence-electron chi connectivity index (χ4n) is 3.48. The summed E-state index contributed by atoms with van der Waals surface area (Å²) in [6.45, 7) is 2.04. The largest absolute Gasteiger partial charge is 0.310 e. The highest BCUT2D eigenvalue weighted by molar-refractivity contribution is 7.99. The van der Waals surface area contributed by atoms with E-state index in [1.807, 2.05) is 46.5 Å². The molecule has 2 heterocycles. The molecule has 4 rings (SSSR count). The van der Waals surface area contributed by atoms with Gasteiger partial charge in [0.25, 0.3) is 0 Å². The van der Waals surface area contributed by atoms with Crippen molar-refractivity contribution in [3.05, 3.63) is 48.4 Å². The summed E-state index contributed by atoms with van der Waals surface area (Å²) >= 11 is 1.37. The van der Waals surface area contributed by atoms with E-state index in [1.54, 1.807) is 12.5 Å². The minimum Gasteiger partial charge on any atom is -0.310 e. The summed E-state index contributed by atoms with van der Waals surface area (Å²) < 4.78 is 3.86. The number of amides is 1. The molecule has 0 aliphatic heterocycles. The first-order valence-corrected chi connectivity index (χ1v) is 10.1. The number of hydrogen-bond donors (Lipinski definition) is 1. The molecule has 1 saturated carbocycles. The molecular formula is C19H22N6OS. The van der Waals surface area contributed by atoms with E-state index in [9.17, 15) is 4.79 Å². The van der Waals surface area contributed by atoms with Gasteiger partial charge in [0.15, 0.2) is 5.16 Å². The molecule has 3 aromatic rings. The zero-order valence-corrected chi connectivity index (χ0v) is 16.0. The van der Waals surface area contributed by atoms with E-state index in [0.29, 0.717) is 11.2 Å². The maximum atomic E-state index is 12.5. The average Bonchev–Trinajstić information content (AvgIpc) is 3.41. The number of aromatic nitrogens is 5. The average molecular weight is 382 g/mol. The number of anilines is 1. The van der Waals surface area contributed by atoms with E-state index in [2.05, 4.69) is 20.6 Å². The number of thioether (sulfide) groups is 1. The number of aryl methyl sites for hydroxylation is 1. The van der Waals surface area contributed by atoms with Crippen LogP contribution in [-0.4, -0.2) is 36.2 Å². The Balaban J connectivity index is 1.41. The number of rotatable bonds is 6. The molecule has 8 heteroatoms. The van der Waals surface area contributed by atoms with Crippen LogP contribution < -0.4 is 5.32 Å². The van der Waals surface area contributed by atoms with Crippen LogP contribution in [0, 0.1) is 6.92 Å². The third-order valence-corrected chi connectivity index (χ3v) is 5.78. The molecule has 1 amide bonds. The molecular weight excluding hydrogens is 360 g/mol. The Hall–Kier alpha value is -2.61. The number of carbonyl (C=O) groups excluding carboxylic acids is 1. The highest BCUT2D eigenvalue weighted by atomic mass is 32.2. The predicted molar refractivity (Wildman–Crippen MR) is 105 cm³/mol. The molecule has 0 unspecified atom stereocenters. The SMILES string of the molecule is Cc1ccccc1-n1cnnc1SCC(=O)Nc1ccnn1C1CCCC1. The molecule has 1 aromatic carbocycles. The fraction of sp³-hybridized carbons (Fsp3) is 0.368. The van der Waals surface area contributed by atoms with Gasteiger partial charge in [-0.3, -0.25) is 9.36 Å². The van der Waals surface area contributed by atoms with Gasteiger partial charge in [0.2, 0.25) is 5.91 Å². The van der Waals surface area contributed by atoms with E-state index < -0.39 is 0 Å². The van der Waals surface area contributed by atoms with Gasteiger partial charge in [0.05, 0.1) is 23.7 Å². The van der Waals surface area contributed by atoms with Crippen molar-refractivity contribution in [2.75, 3.05) is 11.1 Å². The van der Waals surface area contributed by atoms with E-state index >= 15 is 0 Å². The number of benzene rings is 1. The Bertz CT molecular complexity index is 928. The number of hydrogen-bond acceptors (Lipinski definition) is 5. The van der Waals surface area contributed by atoms with Crippen LogP contribution in [0.4, 0.5) is 5.82 Å². The third kappa shape index (κ3) is 3.90. The lowest BCUT2D eigenvalue weighted by atomic mass is 10.2. The molecule has 2 aromatic heterocycles. The van der Waals surface area contributed by atoms with Crippen molar-refractivity contribution >= 4 is 23.5 Å². The second-order valence-corrected chi connectivity index (χ2v) is 7.65. The Morgan fingerprint density at radius 1 is 1.26 bits per heavy atom. The monoisotopic (exact) mass is 382 g/mol. The number of para-hydroxylation sites is 1. The van der Waals surface area contributed by atoms with Gasteiger partial charge in [-0.1, -0.05) is 42.8 Å². The summed E-state index contributed by atoms with van der Waals surface area (Å²) in [5, 5.41) is 16.2. The molecule has 1 aliphatic rings. The molecule has 0 radical (unpaired) electrons. The first-order chi connectivity index (χ1) is 13.2. The molecule has 0 spiro atoms. The Labute approximate surface area is 162 Å². The summed E-state index contributed by atoms with van der Waals surface area (Å²) in [6.07, 6.45) is 8.12. The lowest BCUT2D eigenvalue weighted by Gasteiger charge is -2.14. The fourth-order valence-corrected chi connectivity index (χ4v) is 4.21. The van der Waals surface area contributed by atoms with Gasteiger partial charge in [0, 0.05) is 6.07 Å². The van der Waals surface area contributed by atoms with Crippen LogP contribution in [0.5, 0.6) is 0 Å². The molecule has 1 fully saturated rings. The quantitative estimate of drug-likeness (QED) is 0.659. The van der Waals surface area contributed by atoms with Gasteiger partial charge in [-0.05, 0) is 31.4 Å². The van der Waals surface area contributed by atoms with E-state index in [4.69, 9.17) is 0 Å². The number of nitrogens with one attached hydrogen (secondary N) is 1. The normalized spacial score (nSPS) is 14.6. The number of nitrogens with zero attached hydrogens (tertiary/aromatic N) is 5. The topological polar surface area (TPSA) is 77.6 Å². The predicted octanol–water partition coefficient (Wildman–Crippen LogP) is 3.62. The van der Waals surface area contributed by atoms with Crippen LogP contribution in [0.2, 0.25) is 0 Å². The second kappa shape index (κ2) is 7.96. The van der Waals surface area contributed by atoms with Crippen molar-refractivity contribution in [2.24, 2.45) is 0 Å². The minimum absolute atomic E-state index is 0.0703. The van der Waals surface area contributed by atoms with E-state index in [0.717, 1.165) is 29.9 Å². The highest BCUT2D eigenvalue weighted by Crippen LogP contribution is 2.31. The van der Waals surface area contributed by atoms with Gasteiger partial charge in [-0.15, -0.1) is 10.2 Å². The van der Waals surface area contributed by atoms with Crippen molar-refractivity contribution < 1.29 is 4.79 Å². The second-order valence-electron chi connectivity index (χ2n) is 6.71. The molecule has 140 valence electrons. The van der Waals surface area contributed by atoms with Crippen LogP contribution in [0.1, 0.15) is 37.3 Å². The summed E-state index contributed by atoms with van der Waals surface area (Å²) in [5.74, 6) is 0.965. The summed E-state index contributed by atoms with van der Waals surface area (Å²) in [5.41, 5.74) is 2.15. The molecule has 0 bridgehead atoms. The van der Waals surface area contributed by atoms with Crippen LogP contribution in [0.15, 0.2) is 48.0 Å². The zero-order valence-electron chi connectivity index (χ0n) is 15.2. The van der Waals surface area contributed by atoms with Crippen LogP contribution in [0.3, 0.4) is 0 Å². The Morgan fingerprint density at radius 2 is 2.07 bits per heavy atom. The van der Waals surface area contributed by atoms with E-state index in [1.165, 1.54) is 24.6 Å². The van der Waals surface area contributed by atoms with Crippen molar-refractivity contribution in [1.82, 2.24) is 24.5 Å². The summed E-state index contributed by atoms with van der Waals surface area (Å²) in [7, 11) is 0. The standard InChI is InChI=1S/C19H22N6OS/c1-14-6-2-5-9-16(14)24-13-20-23-19(24)27-12-18(26)22-17-10-11-21-25(17)15-7-3-4-8-15/h2,5-6,9-11,13,15H,3-4,7-8,12H2,1H3,(H,22,26). The van der Waals surface area contributed by atoms with Crippen molar-refractivity contribution in [1.29, 1.82) is 0 Å². The van der Waals surface area contributed by atoms with Crippen LogP contribution in [-0.2, 0) is 4.79 Å². The smallest absolute Gasteiger partial charge is 0.235 e.